The monoisotopic (exact) mass is 440 g/mol. The molecule has 30 heavy (non-hydrogen) atoms. The van der Waals surface area contributed by atoms with Gasteiger partial charge in [0.1, 0.15) is 6.10 Å². The number of hydrogen-bond donors (Lipinski definition) is 0. The molecule has 0 N–H and O–H groups in total. The van der Waals surface area contributed by atoms with Crippen molar-refractivity contribution in [3.8, 4) is 0 Å². The largest absolute Gasteiger partial charge is 0.379 e. The van der Waals surface area contributed by atoms with E-state index in [0.717, 1.165) is 27.8 Å². The zero-order chi connectivity index (χ0) is 22.6. The minimum Gasteiger partial charge on any atom is -0.379 e. The standard InChI is InChI=1S/C22H36N2O5S/c1-8-28-13-14-29-20(7)22(25)23-9-11-24(12-10-23)30(26,27)21-18(5)16(3)15(2)17(4)19(21)6/h20H,8-14H2,1-7H3. The highest BCUT2D eigenvalue weighted by molar-refractivity contribution is 7.89. The average molecular weight is 441 g/mol. The minimum absolute atomic E-state index is 0.113. The molecule has 1 aromatic rings. The van der Waals surface area contributed by atoms with Crippen LogP contribution in [-0.4, -0.2) is 75.6 Å². The van der Waals surface area contributed by atoms with Gasteiger partial charge in [-0.05, 0) is 76.3 Å². The van der Waals surface area contributed by atoms with Crippen LogP contribution >= 0.6 is 0 Å². The molecule has 1 heterocycles. The van der Waals surface area contributed by atoms with E-state index in [2.05, 4.69) is 0 Å². The van der Waals surface area contributed by atoms with Gasteiger partial charge >= 0.3 is 0 Å². The molecule has 1 unspecified atom stereocenters. The lowest BCUT2D eigenvalue weighted by molar-refractivity contribution is -0.144. The molecule has 1 aliphatic heterocycles. The molecule has 7 nitrogen and oxygen atoms in total. The summed E-state index contributed by atoms with van der Waals surface area (Å²) in [6.45, 7) is 16.1. The summed E-state index contributed by atoms with van der Waals surface area (Å²) in [6.07, 6.45) is -0.569. The maximum atomic E-state index is 13.4. The highest BCUT2D eigenvalue weighted by Crippen LogP contribution is 2.32. The van der Waals surface area contributed by atoms with Crippen molar-refractivity contribution in [2.45, 2.75) is 59.5 Å². The van der Waals surface area contributed by atoms with Crippen molar-refractivity contribution in [2.24, 2.45) is 0 Å². The molecule has 1 atom stereocenters. The van der Waals surface area contributed by atoms with Crippen LogP contribution in [0.25, 0.3) is 0 Å². The number of sulfonamides is 1. The Morgan fingerprint density at radius 1 is 0.900 bits per heavy atom. The Hall–Kier alpha value is -1.48. The predicted molar refractivity (Wildman–Crippen MR) is 117 cm³/mol. The van der Waals surface area contributed by atoms with Gasteiger partial charge < -0.3 is 14.4 Å². The van der Waals surface area contributed by atoms with Crippen molar-refractivity contribution in [3.63, 3.8) is 0 Å². The van der Waals surface area contributed by atoms with Gasteiger partial charge in [-0.1, -0.05) is 0 Å². The van der Waals surface area contributed by atoms with E-state index in [1.54, 1.807) is 11.8 Å². The third kappa shape index (κ3) is 5.04. The van der Waals surface area contributed by atoms with Gasteiger partial charge in [-0.15, -0.1) is 0 Å². The van der Waals surface area contributed by atoms with Crippen LogP contribution in [0.5, 0.6) is 0 Å². The fourth-order valence-electron chi connectivity index (χ4n) is 3.89. The van der Waals surface area contributed by atoms with E-state index >= 15 is 0 Å². The highest BCUT2D eigenvalue weighted by atomic mass is 32.2. The Bertz CT molecular complexity index is 845. The molecule has 1 aromatic carbocycles. The third-order valence-electron chi connectivity index (χ3n) is 6.23. The molecule has 0 saturated carbocycles. The maximum absolute atomic E-state index is 13.4. The SMILES string of the molecule is CCOCCOC(C)C(=O)N1CCN(S(=O)(=O)c2c(C)c(C)c(C)c(C)c2C)CC1. The van der Waals surface area contributed by atoms with E-state index in [-0.39, 0.29) is 19.0 Å². The highest BCUT2D eigenvalue weighted by Gasteiger charge is 2.34. The summed E-state index contributed by atoms with van der Waals surface area (Å²) in [6, 6.07) is 0. The average Bonchev–Trinajstić information content (AvgIpc) is 2.73. The number of benzene rings is 1. The number of nitrogens with zero attached hydrogens (tertiary/aromatic N) is 2. The number of rotatable bonds is 8. The van der Waals surface area contributed by atoms with Crippen molar-refractivity contribution < 1.29 is 22.7 Å². The van der Waals surface area contributed by atoms with Crippen LogP contribution in [0.3, 0.4) is 0 Å². The van der Waals surface area contributed by atoms with Crippen LogP contribution < -0.4 is 0 Å². The van der Waals surface area contributed by atoms with Crippen LogP contribution in [0, 0.1) is 34.6 Å². The second-order valence-corrected chi connectivity index (χ2v) is 9.77. The molecule has 170 valence electrons. The molecule has 1 amide bonds. The van der Waals surface area contributed by atoms with Crippen LogP contribution in [0.15, 0.2) is 4.90 Å². The zero-order valence-electron chi connectivity index (χ0n) is 19.4. The van der Waals surface area contributed by atoms with Crippen molar-refractivity contribution in [2.75, 3.05) is 46.0 Å². The summed E-state index contributed by atoms with van der Waals surface area (Å²) in [5.74, 6) is -0.113. The molecule has 1 fully saturated rings. The first-order valence-electron chi connectivity index (χ1n) is 10.6. The molecule has 0 aliphatic carbocycles. The van der Waals surface area contributed by atoms with Crippen LogP contribution in [0.1, 0.15) is 41.7 Å². The molecule has 2 rings (SSSR count). The summed E-state index contributed by atoms with van der Waals surface area (Å²) < 4.78 is 39.2. The van der Waals surface area contributed by atoms with E-state index in [1.807, 2.05) is 41.5 Å². The first kappa shape index (κ1) is 24.8. The van der Waals surface area contributed by atoms with Gasteiger partial charge in [-0.3, -0.25) is 4.79 Å². The summed E-state index contributed by atoms with van der Waals surface area (Å²) in [7, 11) is -3.63. The van der Waals surface area contributed by atoms with Crippen molar-refractivity contribution >= 4 is 15.9 Å². The van der Waals surface area contributed by atoms with Gasteiger partial charge in [0.2, 0.25) is 10.0 Å². The van der Waals surface area contributed by atoms with Crippen molar-refractivity contribution in [3.05, 3.63) is 27.8 Å². The van der Waals surface area contributed by atoms with E-state index in [0.29, 0.717) is 37.8 Å². The molecule has 1 saturated heterocycles. The zero-order valence-corrected chi connectivity index (χ0v) is 20.2. The molecule has 0 radical (unpaired) electrons. The van der Waals surface area contributed by atoms with Crippen molar-refractivity contribution in [1.82, 2.24) is 9.21 Å². The Labute approximate surface area is 181 Å². The van der Waals surface area contributed by atoms with Gasteiger partial charge in [-0.25, -0.2) is 8.42 Å². The second-order valence-electron chi connectivity index (χ2n) is 7.89. The minimum atomic E-state index is -3.63. The Morgan fingerprint density at radius 2 is 1.40 bits per heavy atom. The van der Waals surface area contributed by atoms with Crippen LogP contribution in [0.2, 0.25) is 0 Å². The summed E-state index contributed by atoms with van der Waals surface area (Å²) in [5.41, 5.74) is 4.79. The lowest BCUT2D eigenvalue weighted by Gasteiger charge is -2.36. The molecule has 0 aromatic heterocycles. The van der Waals surface area contributed by atoms with Crippen LogP contribution in [-0.2, 0) is 24.3 Å². The van der Waals surface area contributed by atoms with Gasteiger partial charge in [0, 0.05) is 32.8 Å². The number of carbonyl (C=O) groups is 1. The predicted octanol–water partition coefficient (Wildman–Crippen LogP) is 2.50. The van der Waals surface area contributed by atoms with Crippen molar-refractivity contribution in [1.29, 1.82) is 0 Å². The number of hydrogen-bond acceptors (Lipinski definition) is 5. The van der Waals surface area contributed by atoms with E-state index < -0.39 is 16.1 Å². The summed E-state index contributed by atoms with van der Waals surface area (Å²) >= 11 is 0. The molecular formula is C22H36N2O5S. The number of carbonyl (C=O) groups excluding carboxylic acids is 1. The Kier molecular flexibility index (Phi) is 8.44. The smallest absolute Gasteiger partial charge is 0.251 e. The van der Waals surface area contributed by atoms with Gasteiger partial charge in [0.05, 0.1) is 18.1 Å². The molecule has 0 spiro atoms. The fourth-order valence-corrected chi connectivity index (χ4v) is 5.87. The second kappa shape index (κ2) is 10.2. The van der Waals surface area contributed by atoms with Gasteiger partial charge in [0.15, 0.2) is 0 Å². The first-order chi connectivity index (χ1) is 14.0. The lowest BCUT2D eigenvalue weighted by Crippen LogP contribution is -2.53. The molecular weight excluding hydrogens is 404 g/mol. The van der Waals surface area contributed by atoms with Gasteiger partial charge in [0.25, 0.3) is 5.91 Å². The number of ether oxygens (including phenoxy) is 2. The molecule has 0 bridgehead atoms. The van der Waals surface area contributed by atoms with Gasteiger partial charge in [-0.2, -0.15) is 4.31 Å². The first-order valence-corrected chi connectivity index (χ1v) is 12.0. The topological polar surface area (TPSA) is 76.2 Å². The summed E-state index contributed by atoms with van der Waals surface area (Å²) in [4.78, 5) is 14.7. The number of piperazine rings is 1. The van der Waals surface area contributed by atoms with E-state index in [4.69, 9.17) is 9.47 Å². The lowest BCUT2D eigenvalue weighted by atomic mass is 9.95. The normalized spacial score (nSPS) is 16.7. The third-order valence-corrected chi connectivity index (χ3v) is 8.40. The van der Waals surface area contributed by atoms with Crippen LogP contribution in [0.4, 0.5) is 0 Å². The van der Waals surface area contributed by atoms with E-state index in [1.165, 1.54) is 4.31 Å². The maximum Gasteiger partial charge on any atom is 0.251 e. The number of amides is 1. The Morgan fingerprint density at radius 3 is 1.90 bits per heavy atom. The molecule has 8 heteroatoms. The van der Waals surface area contributed by atoms with E-state index in [9.17, 15) is 13.2 Å². The summed E-state index contributed by atoms with van der Waals surface area (Å²) in [5, 5.41) is 0. The molecule has 1 aliphatic rings. The Balaban J connectivity index is 2.09. The quantitative estimate of drug-likeness (QED) is 0.581. The fraction of sp³-hybridized carbons (Fsp3) is 0.682.